The molecule has 0 aliphatic carbocycles. The van der Waals surface area contributed by atoms with Crippen LogP contribution in [0.4, 0.5) is 5.13 Å². The summed E-state index contributed by atoms with van der Waals surface area (Å²) < 4.78 is 4.90. The Morgan fingerprint density at radius 1 is 1.36 bits per heavy atom. The van der Waals surface area contributed by atoms with Gasteiger partial charge in [-0.3, -0.25) is 10.2 Å². The van der Waals surface area contributed by atoms with Gasteiger partial charge >= 0.3 is 5.97 Å². The number of pyridine rings is 1. The summed E-state index contributed by atoms with van der Waals surface area (Å²) in [5.41, 5.74) is 6.50. The van der Waals surface area contributed by atoms with Gasteiger partial charge in [0.25, 0.3) is 0 Å². The summed E-state index contributed by atoms with van der Waals surface area (Å²) in [6.45, 7) is 2.13. The summed E-state index contributed by atoms with van der Waals surface area (Å²) in [6.07, 6.45) is 3.42. The zero-order chi connectivity index (χ0) is 19.8. The van der Waals surface area contributed by atoms with Crippen LogP contribution in [0.5, 0.6) is 0 Å². The standard InChI is InChI=1S/C20H17N5O2S/c1-2-27-19(26)10-16-13-28-20(24-16)25-23-12-14-5-7-15(8-6-14)17-4-3-9-22-18(17)11-21/h3-9,12-13H,2,10H2,1H3,(H,24,25). The third-order valence-corrected chi connectivity index (χ3v) is 4.49. The molecule has 1 aromatic carbocycles. The molecule has 7 nitrogen and oxygen atoms in total. The number of thiazole rings is 1. The van der Waals surface area contributed by atoms with Crippen LogP contribution in [0.1, 0.15) is 23.9 Å². The molecule has 0 saturated heterocycles. The SMILES string of the molecule is CCOC(=O)Cc1csc(NN=Cc2ccc(-c3cccnc3C#N)cc2)n1. The van der Waals surface area contributed by atoms with E-state index in [0.717, 1.165) is 16.7 Å². The second kappa shape index (κ2) is 9.39. The summed E-state index contributed by atoms with van der Waals surface area (Å²) in [5, 5.41) is 15.7. The quantitative estimate of drug-likeness (QED) is 0.375. The highest BCUT2D eigenvalue weighted by atomic mass is 32.1. The van der Waals surface area contributed by atoms with E-state index in [0.29, 0.717) is 23.1 Å². The molecule has 0 fully saturated rings. The first-order valence-corrected chi connectivity index (χ1v) is 9.42. The molecule has 2 heterocycles. The second-order valence-electron chi connectivity index (χ2n) is 5.63. The van der Waals surface area contributed by atoms with Gasteiger partial charge in [-0.2, -0.15) is 10.4 Å². The highest BCUT2D eigenvalue weighted by Crippen LogP contribution is 2.22. The Morgan fingerprint density at radius 2 is 2.18 bits per heavy atom. The van der Waals surface area contributed by atoms with Crippen LogP contribution >= 0.6 is 11.3 Å². The van der Waals surface area contributed by atoms with E-state index in [1.807, 2.05) is 30.3 Å². The zero-order valence-electron chi connectivity index (χ0n) is 15.1. The average Bonchev–Trinajstić information content (AvgIpc) is 3.15. The Labute approximate surface area is 166 Å². The van der Waals surface area contributed by atoms with Gasteiger partial charge in [-0.1, -0.05) is 24.3 Å². The van der Waals surface area contributed by atoms with Crippen LogP contribution in [0.2, 0.25) is 0 Å². The predicted octanol–water partition coefficient (Wildman–Crippen LogP) is 3.63. The molecule has 0 aliphatic heterocycles. The van der Waals surface area contributed by atoms with Gasteiger partial charge in [0.15, 0.2) is 0 Å². The number of aromatic nitrogens is 2. The fraction of sp³-hybridized carbons (Fsp3) is 0.150. The van der Waals surface area contributed by atoms with Crippen molar-refractivity contribution >= 4 is 28.7 Å². The van der Waals surface area contributed by atoms with E-state index >= 15 is 0 Å². The van der Waals surface area contributed by atoms with E-state index in [4.69, 9.17) is 10.00 Å². The Hall–Kier alpha value is -3.57. The van der Waals surface area contributed by atoms with Crippen molar-refractivity contribution in [1.29, 1.82) is 5.26 Å². The zero-order valence-corrected chi connectivity index (χ0v) is 15.9. The van der Waals surface area contributed by atoms with E-state index < -0.39 is 0 Å². The number of nitrogens with zero attached hydrogens (tertiary/aromatic N) is 4. The Balaban J connectivity index is 1.60. The van der Waals surface area contributed by atoms with Crippen LogP contribution in [0.15, 0.2) is 53.1 Å². The molecule has 3 rings (SSSR count). The van der Waals surface area contributed by atoms with Crippen molar-refractivity contribution in [1.82, 2.24) is 9.97 Å². The van der Waals surface area contributed by atoms with Crippen LogP contribution in [0.25, 0.3) is 11.1 Å². The van der Waals surface area contributed by atoms with Crippen LogP contribution in [-0.4, -0.2) is 28.8 Å². The maximum atomic E-state index is 11.5. The van der Waals surface area contributed by atoms with Gasteiger partial charge in [-0.15, -0.1) is 11.3 Å². The minimum Gasteiger partial charge on any atom is -0.466 e. The average molecular weight is 391 g/mol. The number of rotatable bonds is 7. The number of carbonyl (C=O) groups excluding carboxylic acids is 1. The van der Waals surface area contributed by atoms with Crippen LogP contribution in [0, 0.1) is 11.3 Å². The number of anilines is 1. The van der Waals surface area contributed by atoms with E-state index in [1.165, 1.54) is 11.3 Å². The number of nitrogens with one attached hydrogen (secondary N) is 1. The molecule has 0 radical (unpaired) electrons. The van der Waals surface area contributed by atoms with Gasteiger partial charge in [0, 0.05) is 17.1 Å². The first-order chi connectivity index (χ1) is 13.7. The number of esters is 1. The molecule has 0 unspecified atom stereocenters. The monoisotopic (exact) mass is 391 g/mol. The van der Waals surface area contributed by atoms with Gasteiger partial charge in [0.2, 0.25) is 5.13 Å². The fourth-order valence-corrected chi connectivity index (χ4v) is 3.10. The van der Waals surface area contributed by atoms with Crippen molar-refractivity contribution in [2.75, 3.05) is 12.0 Å². The van der Waals surface area contributed by atoms with Crippen molar-refractivity contribution in [3.8, 4) is 17.2 Å². The lowest BCUT2D eigenvalue weighted by Crippen LogP contribution is -2.07. The van der Waals surface area contributed by atoms with Crippen LogP contribution in [0.3, 0.4) is 0 Å². The number of benzene rings is 1. The van der Waals surface area contributed by atoms with E-state index in [9.17, 15) is 4.79 Å². The first kappa shape index (κ1) is 19.2. The van der Waals surface area contributed by atoms with Crippen LogP contribution in [-0.2, 0) is 16.0 Å². The Bertz CT molecular complexity index is 1020. The molecule has 1 N–H and O–H groups in total. The van der Waals surface area contributed by atoms with Crippen molar-refractivity contribution in [3.05, 3.63) is 64.9 Å². The van der Waals surface area contributed by atoms with Gasteiger partial charge in [0.05, 0.1) is 24.9 Å². The molecule has 28 heavy (non-hydrogen) atoms. The molecule has 0 spiro atoms. The largest absolute Gasteiger partial charge is 0.466 e. The summed E-state index contributed by atoms with van der Waals surface area (Å²) in [7, 11) is 0. The van der Waals surface area contributed by atoms with Gasteiger partial charge < -0.3 is 4.74 Å². The molecule has 0 saturated carbocycles. The molecule has 0 amide bonds. The Kier molecular flexibility index (Phi) is 6.44. The lowest BCUT2D eigenvalue weighted by molar-refractivity contribution is -0.142. The van der Waals surface area contributed by atoms with Gasteiger partial charge in [-0.05, 0) is 30.2 Å². The highest BCUT2D eigenvalue weighted by molar-refractivity contribution is 7.13. The van der Waals surface area contributed by atoms with Crippen molar-refractivity contribution in [2.45, 2.75) is 13.3 Å². The second-order valence-corrected chi connectivity index (χ2v) is 6.49. The molecule has 2 aromatic heterocycles. The number of hydrogen-bond acceptors (Lipinski definition) is 8. The summed E-state index contributed by atoms with van der Waals surface area (Å²) >= 11 is 1.37. The summed E-state index contributed by atoms with van der Waals surface area (Å²) in [5.74, 6) is -0.295. The predicted molar refractivity (Wildman–Crippen MR) is 108 cm³/mol. The minimum absolute atomic E-state index is 0.149. The van der Waals surface area contributed by atoms with E-state index in [2.05, 4.69) is 26.6 Å². The Morgan fingerprint density at radius 3 is 2.93 bits per heavy atom. The van der Waals surface area contributed by atoms with Gasteiger partial charge in [0.1, 0.15) is 11.8 Å². The molecule has 3 aromatic rings. The number of carbonyl (C=O) groups is 1. The smallest absolute Gasteiger partial charge is 0.311 e. The lowest BCUT2D eigenvalue weighted by Gasteiger charge is -2.03. The number of ether oxygens (including phenoxy) is 1. The van der Waals surface area contributed by atoms with Crippen molar-refractivity contribution in [2.24, 2.45) is 5.10 Å². The van der Waals surface area contributed by atoms with Crippen LogP contribution < -0.4 is 5.43 Å². The number of nitriles is 1. The maximum absolute atomic E-state index is 11.5. The molecular formula is C20H17N5O2S. The first-order valence-electron chi connectivity index (χ1n) is 8.54. The third kappa shape index (κ3) is 4.99. The summed E-state index contributed by atoms with van der Waals surface area (Å²) in [4.78, 5) is 19.8. The van der Waals surface area contributed by atoms with Crippen molar-refractivity contribution in [3.63, 3.8) is 0 Å². The summed E-state index contributed by atoms with van der Waals surface area (Å²) in [6, 6.07) is 13.4. The number of hydrogen-bond donors (Lipinski definition) is 1. The molecule has 8 heteroatoms. The molecule has 140 valence electrons. The van der Waals surface area contributed by atoms with E-state index in [-0.39, 0.29) is 12.4 Å². The minimum atomic E-state index is -0.295. The normalized spacial score (nSPS) is 10.6. The van der Waals surface area contributed by atoms with E-state index in [1.54, 1.807) is 30.8 Å². The maximum Gasteiger partial charge on any atom is 0.311 e. The molecule has 0 aliphatic rings. The van der Waals surface area contributed by atoms with Crippen molar-refractivity contribution < 1.29 is 9.53 Å². The molecular weight excluding hydrogens is 374 g/mol. The lowest BCUT2D eigenvalue weighted by atomic mass is 10.0. The molecule has 0 atom stereocenters. The molecule has 0 bridgehead atoms. The highest BCUT2D eigenvalue weighted by Gasteiger charge is 2.08. The van der Waals surface area contributed by atoms with Gasteiger partial charge in [-0.25, -0.2) is 9.97 Å². The fourth-order valence-electron chi connectivity index (χ4n) is 2.44. The topological polar surface area (TPSA) is 100 Å². The number of hydrazone groups is 1. The third-order valence-electron chi connectivity index (χ3n) is 3.69.